The first-order valence-electron chi connectivity index (χ1n) is 4.57. The van der Waals surface area contributed by atoms with E-state index in [2.05, 4.69) is 26.8 Å². The lowest BCUT2D eigenvalue weighted by molar-refractivity contribution is 0.589. The molecule has 0 aliphatic heterocycles. The van der Waals surface area contributed by atoms with Crippen molar-refractivity contribution in [3.63, 3.8) is 0 Å². The molecule has 0 heterocycles. The van der Waals surface area contributed by atoms with Gasteiger partial charge >= 0.3 is 0 Å². The zero-order valence-corrected chi connectivity index (χ0v) is 9.74. The molecule has 2 heteroatoms. The predicted octanol–water partition coefficient (Wildman–Crippen LogP) is 3.82. The molecular formula is C12H14ClN. The van der Waals surface area contributed by atoms with Gasteiger partial charge < -0.3 is 0 Å². The molecule has 1 nitrogen and oxygen atoms in total. The molecule has 1 aromatic carbocycles. The number of rotatable bonds is 0. The number of halogens is 1. The van der Waals surface area contributed by atoms with Crippen molar-refractivity contribution in [3.05, 3.63) is 33.8 Å². The summed E-state index contributed by atoms with van der Waals surface area (Å²) in [4.78, 5) is 0. The Hall–Kier alpha value is -1.00. The standard InChI is InChI=1S/C12H14ClN/c1-8-5-9(12(2,3)4)6-11(13)10(8)7-14/h5-6H,1-4H3. The fourth-order valence-corrected chi connectivity index (χ4v) is 1.63. The van der Waals surface area contributed by atoms with Crippen LogP contribution in [0, 0.1) is 18.3 Å². The van der Waals surface area contributed by atoms with E-state index in [1.807, 2.05) is 19.1 Å². The van der Waals surface area contributed by atoms with E-state index in [0.717, 1.165) is 5.56 Å². The van der Waals surface area contributed by atoms with Crippen molar-refractivity contribution in [2.45, 2.75) is 33.1 Å². The van der Waals surface area contributed by atoms with Crippen LogP contribution in [0.5, 0.6) is 0 Å². The second-order valence-electron chi connectivity index (χ2n) is 4.51. The summed E-state index contributed by atoms with van der Waals surface area (Å²) in [6.07, 6.45) is 0. The van der Waals surface area contributed by atoms with Gasteiger partial charge in [-0.25, -0.2) is 0 Å². The molecule has 0 aromatic heterocycles. The lowest BCUT2D eigenvalue weighted by Crippen LogP contribution is -2.11. The number of hydrogen-bond donors (Lipinski definition) is 0. The molecule has 1 rings (SSSR count). The first-order chi connectivity index (χ1) is 6.36. The lowest BCUT2D eigenvalue weighted by atomic mass is 9.85. The molecule has 0 saturated carbocycles. The first-order valence-corrected chi connectivity index (χ1v) is 4.95. The molecule has 0 amide bonds. The van der Waals surface area contributed by atoms with Gasteiger partial charge in [-0.1, -0.05) is 38.4 Å². The highest BCUT2D eigenvalue weighted by Crippen LogP contribution is 2.29. The van der Waals surface area contributed by atoms with Crippen molar-refractivity contribution in [2.24, 2.45) is 0 Å². The van der Waals surface area contributed by atoms with Gasteiger partial charge in [0.15, 0.2) is 0 Å². The molecular weight excluding hydrogens is 194 g/mol. The topological polar surface area (TPSA) is 23.8 Å². The van der Waals surface area contributed by atoms with Crippen molar-refractivity contribution in [1.29, 1.82) is 5.26 Å². The molecule has 0 radical (unpaired) electrons. The Kier molecular flexibility index (Phi) is 2.87. The monoisotopic (exact) mass is 207 g/mol. The van der Waals surface area contributed by atoms with Crippen LogP contribution in [-0.4, -0.2) is 0 Å². The average molecular weight is 208 g/mol. The van der Waals surface area contributed by atoms with E-state index in [4.69, 9.17) is 16.9 Å². The Bertz CT molecular complexity index is 371. The Labute approximate surface area is 90.3 Å². The second-order valence-corrected chi connectivity index (χ2v) is 4.92. The average Bonchev–Trinajstić information content (AvgIpc) is 2.01. The van der Waals surface area contributed by atoms with Gasteiger partial charge in [0, 0.05) is 0 Å². The van der Waals surface area contributed by atoms with Gasteiger partial charge in [0.2, 0.25) is 0 Å². The summed E-state index contributed by atoms with van der Waals surface area (Å²) in [5.41, 5.74) is 2.77. The Morgan fingerprint density at radius 2 is 1.86 bits per heavy atom. The van der Waals surface area contributed by atoms with Crippen LogP contribution in [0.1, 0.15) is 37.5 Å². The van der Waals surface area contributed by atoms with Gasteiger partial charge in [0.05, 0.1) is 10.6 Å². The van der Waals surface area contributed by atoms with E-state index >= 15 is 0 Å². The molecule has 0 atom stereocenters. The van der Waals surface area contributed by atoms with Gasteiger partial charge in [-0.15, -0.1) is 0 Å². The summed E-state index contributed by atoms with van der Waals surface area (Å²) in [7, 11) is 0. The maximum Gasteiger partial charge on any atom is 0.101 e. The molecule has 0 aliphatic rings. The van der Waals surface area contributed by atoms with Crippen LogP contribution in [0.25, 0.3) is 0 Å². The van der Waals surface area contributed by atoms with Crippen molar-refractivity contribution in [2.75, 3.05) is 0 Å². The van der Waals surface area contributed by atoms with Crippen LogP contribution in [0.15, 0.2) is 12.1 Å². The second kappa shape index (κ2) is 3.63. The Balaban J connectivity index is 3.37. The minimum absolute atomic E-state index is 0.0718. The van der Waals surface area contributed by atoms with E-state index < -0.39 is 0 Å². The lowest BCUT2D eigenvalue weighted by Gasteiger charge is -2.20. The third-order valence-electron chi connectivity index (χ3n) is 2.27. The highest BCUT2D eigenvalue weighted by Gasteiger charge is 2.16. The number of nitriles is 1. The first kappa shape index (κ1) is 11.1. The van der Waals surface area contributed by atoms with Gasteiger partial charge in [-0.2, -0.15) is 5.26 Å². The number of benzene rings is 1. The van der Waals surface area contributed by atoms with Crippen molar-refractivity contribution >= 4 is 11.6 Å². The van der Waals surface area contributed by atoms with Crippen LogP contribution in [0.3, 0.4) is 0 Å². The third-order valence-corrected chi connectivity index (χ3v) is 2.56. The van der Waals surface area contributed by atoms with E-state index in [-0.39, 0.29) is 5.41 Å². The minimum atomic E-state index is 0.0718. The van der Waals surface area contributed by atoms with Crippen molar-refractivity contribution in [1.82, 2.24) is 0 Å². The van der Waals surface area contributed by atoms with E-state index in [9.17, 15) is 0 Å². The quantitative estimate of drug-likeness (QED) is 0.635. The molecule has 0 fully saturated rings. The molecule has 0 bridgehead atoms. The van der Waals surface area contributed by atoms with Gasteiger partial charge in [0.25, 0.3) is 0 Å². The van der Waals surface area contributed by atoms with E-state index in [1.54, 1.807) is 0 Å². The number of nitrogens with zero attached hydrogens (tertiary/aromatic N) is 1. The summed E-state index contributed by atoms with van der Waals surface area (Å²) >= 11 is 6.02. The highest BCUT2D eigenvalue weighted by molar-refractivity contribution is 6.31. The van der Waals surface area contributed by atoms with Gasteiger partial charge in [-0.3, -0.25) is 0 Å². The maximum absolute atomic E-state index is 8.86. The summed E-state index contributed by atoms with van der Waals surface area (Å²) in [5, 5.41) is 9.41. The van der Waals surface area contributed by atoms with Crippen LogP contribution in [-0.2, 0) is 5.41 Å². The zero-order chi connectivity index (χ0) is 10.9. The smallest absolute Gasteiger partial charge is 0.101 e. The molecule has 0 aliphatic carbocycles. The summed E-state index contributed by atoms with van der Waals surface area (Å²) in [6, 6.07) is 6.02. The largest absolute Gasteiger partial charge is 0.192 e. The SMILES string of the molecule is Cc1cc(C(C)(C)C)cc(Cl)c1C#N. The van der Waals surface area contributed by atoms with Crippen molar-refractivity contribution < 1.29 is 0 Å². The van der Waals surface area contributed by atoms with Crippen LogP contribution >= 0.6 is 11.6 Å². The molecule has 0 saturated heterocycles. The Morgan fingerprint density at radius 3 is 2.21 bits per heavy atom. The fourth-order valence-electron chi connectivity index (χ4n) is 1.32. The van der Waals surface area contributed by atoms with Gasteiger partial charge in [0.1, 0.15) is 6.07 Å². The predicted molar refractivity (Wildman–Crippen MR) is 59.6 cm³/mol. The minimum Gasteiger partial charge on any atom is -0.192 e. The summed E-state index contributed by atoms with van der Waals surface area (Å²) in [5.74, 6) is 0. The Morgan fingerprint density at radius 1 is 1.29 bits per heavy atom. The number of hydrogen-bond acceptors (Lipinski definition) is 1. The molecule has 14 heavy (non-hydrogen) atoms. The van der Waals surface area contributed by atoms with E-state index in [0.29, 0.717) is 10.6 Å². The van der Waals surface area contributed by atoms with Crippen molar-refractivity contribution in [3.8, 4) is 6.07 Å². The normalized spacial score (nSPS) is 11.1. The molecule has 74 valence electrons. The third kappa shape index (κ3) is 2.08. The summed E-state index contributed by atoms with van der Waals surface area (Å²) < 4.78 is 0. The number of aryl methyl sites for hydroxylation is 1. The fraction of sp³-hybridized carbons (Fsp3) is 0.417. The van der Waals surface area contributed by atoms with Crippen LogP contribution in [0.2, 0.25) is 5.02 Å². The maximum atomic E-state index is 8.86. The molecule has 0 unspecified atom stereocenters. The van der Waals surface area contributed by atoms with Crippen LogP contribution in [0.4, 0.5) is 0 Å². The molecule has 0 spiro atoms. The molecule has 1 aromatic rings. The zero-order valence-electron chi connectivity index (χ0n) is 8.98. The summed E-state index contributed by atoms with van der Waals surface area (Å²) in [6.45, 7) is 8.30. The van der Waals surface area contributed by atoms with E-state index in [1.165, 1.54) is 5.56 Å². The highest BCUT2D eigenvalue weighted by atomic mass is 35.5. The molecule has 0 N–H and O–H groups in total. The van der Waals surface area contributed by atoms with Crippen LogP contribution < -0.4 is 0 Å². The van der Waals surface area contributed by atoms with Gasteiger partial charge in [-0.05, 0) is 29.5 Å².